The van der Waals surface area contributed by atoms with Crippen molar-refractivity contribution in [1.29, 1.82) is 0 Å². The Morgan fingerprint density at radius 1 is 0.431 bits per heavy atom. The number of carboxylic acid groups (broad SMARTS) is 1. The second-order valence-electron chi connectivity index (χ2n) is 26.7. The first kappa shape index (κ1) is 97.5. The minimum absolute atomic E-state index is 0.00564. The summed E-state index contributed by atoms with van der Waals surface area (Å²) in [6.07, 6.45) is -4.24. The first-order valence-corrected chi connectivity index (χ1v) is 36.3. The molecular formula is C63H112N22O22S2. The number of hydrogen-bond acceptors (Lipinski definition) is 26. The Bertz CT molecular complexity index is 3180. The number of amides is 15. The van der Waals surface area contributed by atoms with Crippen molar-refractivity contribution in [2.75, 3.05) is 51.0 Å². The van der Waals surface area contributed by atoms with Crippen LogP contribution in [0.3, 0.4) is 0 Å². The van der Waals surface area contributed by atoms with Gasteiger partial charge in [0.1, 0.15) is 84.6 Å². The molecule has 1 heterocycles. The third-order valence-electron chi connectivity index (χ3n) is 16.4. The van der Waals surface area contributed by atoms with Gasteiger partial charge in [-0.2, -0.15) is 25.3 Å². The summed E-state index contributed by atoms with van der Waals surface area (Å²) < 4.78 is 0. The normalized spacial score (nSPS) is 17.0. The van der Waals surface area contributed by atoms with E-state index in [2.05, 4.69) is 104 Å². The predicted molar refractivity (Wildman–Crippen MR) is 396 cm³/mol. The molecule has 109 heavy (non-hydrogen) atoms. The molecule has 1 aliphatic heterocycles. The Hall–Kier alpha value is -9.48. The Morgan fingerprint density at radius 3 is 1.21 bits per heavy atom. The van der Waals surface area contributed by atoms with Crippen LogP contribution in [0.25, 0.3) is 0 Å². The molecule has 15 amide bonds. The van der Waals surface area contributed by atoms with Crippen LogP contribution in [-0.4, -0.2) is 296 Å². The number of aliphatic carboxylic acids is 1. The maximum Gasteiger partial charge on any atom is 0.327 e. The Kier molecular flexibility index (Phi) is 44.3. The summed E-state index contributed by atoms with van der Waals surface area (Å²) in [6.45, 7) is 8.08. The van der Waals surface area contributed by atoms with Gasteiger partial charge in [-0.15, -0.1) is 0 Å². The Labute approximate surface area is 640 Å². The summed E-state index contributed by atoms with van der Waals surface area (Å²) in [4.78, 5) is 224. The summed E-state index contributed by atoms with van der Waals surface area (Å²) >= 11 is 8.14. The van der Waals surface area contributed by atoms with E-state index in [0.717, 1.165) is 11.8 Å². The number of primary amides is 1. The molecule has 0 aromatic carbocycles. The molecule has 0 unspecified atom stereocenters. The molecule has 1 aliphatic rings. The molecule has 0 aliphatic carbocycles. The minimum Gasteiger partial charge on any atom is -0.480 e. The molecule has 1 saturated heterocycles. The highest BCUT2D eigenvalue weighted by molar-refractivity contribution is 7.80. The molecule has 0 aromatic heterocycles. The van der Waals surface area contributed by atoms with Crippen LogP contribution in [0, 0.1) is 11.8 Å². The second-order valence-corrected chi connectivity index (χ2v) is 27.4. The third kappa shape index (κ3) is 35.2. The van der Waals surface area contributed by atoms with Crippen LogP contribution in [0.5, 0.6) is 0 Å². The van der Waals surface area contributed by atoms with Gasteiger partial charge in [0.25, 0.3) is 0 Å². The van der Waals surface area contributed by atoms with E-state index in [0.29, 0.717) is 6.42 Å². The van der Waals surface area contributed by atoms with Crippen molar-refractivity contribution in [2.24, 2.45) is 56.2 Å². The van der Waals surface area contributed by atoms with Gasteiger partial charge in [0, 0.05) is 37.6 Å². The maximum atomic E-state index is 14.3. The number of carbonyl (C=O) groups excluding carboxylic acids is 15. The maximum absolute atomic E-state index is 14.3. The first-order valence-electron chi connectivity index (χ1n) is 35.0. The second kappa shape index (κ2) is 49.5. The summed E-state index contributed by atoms with van der Waals surface area (Å²) in [6, 6.07) is -23.7. The highest BCUT2D eigenvalue weighted by atomic mass is 32.1. The highest BCUT2D eigenvalue weighted by Crippen LogP contribution is 2.20. The van der Waals surface area contributed by atoms with Gasteiger partial charge < -0.3 is 139 Å². The van der Waals surface area contributed by atoms with Crippen molar-refractivity contribution in [3.05, 3.63) is 0 Å². The van der Waals surface area contributed by atoms with E-state index in [-0.39, 0.29) is 94.1 Å². The van der Waals surface area contributed by atoms with Gasteiger partial charge in [-0.05, 0) is 97.3 Å². The van der Waals surface area contributed by atoms with Crippen LogP contribution < -0.4 is 104 Å². The van der Waals surface area contributed by atoms with Gasteiger partial charge in [-0.25, -0.2) is 4.79 Å². The Balaban J connectivity index is 3.34. The number of likely N-dealkylation sites (tertiary alicyclic amines) is 1. The molecule has 0 saturated carbocycles. The Morgan fingerprint density at radius 2 is 0.780 bits per heavy atom. The van der Waals surface area contributed by atoms with Crippen molar-refractivity contribution in [3.8, 4) is 0 Å². The third-order valence-corrected chi connectivity index (χ3v) is 17.1. The van der Waals surface area contributed by atoms with Crippen LogP contribution in [0.4, 0.5) is 0 Å². The van der Waals surface area contributed by atoms with Crippen molar-refractivity contribution < 1.29 is 107 Å². The van der Waals surface area contributed by atoms with Crippen LogP contribution in [0.2, 0.25) is 0 Å². The standard InChI is InChI=1S/C63H112N22O22S2/c1-27(2)20-36(76-47(92)30(6)73-58(103)45(31(7)89)83-49(94)33(64)12-9-17-70-62(66)67)52(97)72-29(5)48(93)78-38(22-86)56(101)81-41(25-108)60(105)85-19-11-14-43(85)57(102)75-34(13-10-18-71-63(68)69)50(95)74-35(15-16-44(65)91)51(96)84-46(32(8)90)59(104)80-40(24-88)55(100)79-39(23-87)54(99)77-37(21-28(3)4)53(98)82-42(26-109)61(106)107/h27-43,45-46,86-90,108-109H,9-26,64H2,1-8H3,(H2,65,91)(H,72,97)(H,73,103)(H,74,95)(H,75,102)(H,76,92)(H,77,99)(H,78,93)(H,79,100)(H,80,104)(H,81,101)(H,82,98)(H,83,94)(H,84,96)(H,106,107)(H4,66,67,70)(H4,68,69,71)/t29-,30-,31+,32+,33-,34-,35-,36-,37-,38-,39-,40-,41-,42-,43-,45-,46-/m0/s1. The number of aliphatic hydroxyl groups is 5. The lowest BCUT2D eigenvalue weighted by atomic mass is 10.0. The molecule has 0 radical (unpaired) electrons. The summed E-state index contributed by atoms with van der Waals surface area (Å²) in [5, 5.41) is 91.3. The molecule has 0 aromatic rings. The zero-order valence-corrected chi connectivity index (χ0v) is 63.9. The number of hydrogen-bond donors (Lipinski definition) is 27. The summed E-state index contributed by atoms with van der Waals surface area (Å²) in [5.41, 5.74) is 33.0. The van der Waals surface area contributed by atoms with E-state index in [4.69, 9.17) is 34.4 Å². The quantitative estimate of drug-likeness (QED) is 0.0116. The molecule has 618 valence electrons. The zero-order valence-electron chi connectivity index (χ0n) is 62.1. The number of nitrogens with one attached hydrogen (secondary N) is 13. The molecule has 1 rings (SSSR count). The number of carbonyl (C=O) groups is 16. The molecule has 44 nitrogen and oxygen atoms in total. The SMILES string of the molecule is CC(C)C[C@H](NC(=O)[C@H](C)NC(=O)[C@@H](NC(=O)[C@@H](N)CCCN=C(N)N)[C@@H](C)O)C(=O)N[C@@H](C)C(=O)N[C@@H](CO)C(=O)N[C@@H](CS)C(=O)N1CCC[C@H]1C(=O)N[C@@H](CCCN=C(N)N)C(=O)N[C@@H](CCC(N)=O)C(=O)N[C@H](C(=O)N[C@@H](CO)C(=O)N[C@@H](CO)C(=O)N[C@@H](CC(C)C)C(=O)N[C@@H](CS)C(=O)O)[C@@H](C)O. The van der Waals surface area contributed by atoms with E-state index >= 15 is 0 Å². The van der Waals surface area contributed by atoms with Crippen molar-refractivity contribution in [1.82, 2.24) is 74.0 Å². The molecule has 0 bridgehead atoms. The number of guanidine groups is 2. The number of nitrogens with two attached hydrogens (primary N) is 6. The summed E-state index contributed by atoms with van der Waals surface area (Å²) in [5.74, 6) is -18.9. The van der Waals surface area contributed by atoms with E-state index in [9.17, 15) is 107 Å². The number of aliphatic hydroxyl groups excluding tert-OH is 5. The largest absolute Gasteiger partial charge is 0.480 e. The molecule has 31 N–H and O–H groups in total. The lowest BCUT2D eigenvalue weighted by Gasteiger charge is -2.30. The van der Waals surface area contributed by atoms with Crippen LogP contribution in [0.1, 0.15) is 120 Å². The smallest absolute Gasteiger partial charge is 0.327 e. The summed E-state index contributed by atoms with van der Waals surface area (Å²) in [7, 11) is 0. The number of carboxylic acids is 1. The van der Waals surface area contributed by atoms with E-state index in [1.807, 2.05) is 0 Å². The van der Waals surface area contributed by atoms with Crippen LogP contribution in [0.15, 0.2) is 9.98 Å². The highest BCUT2D eigenvalue weighted by Gasteiger charge is 2.42. The molecule has 0 spiro atoms. The average molecular weight is 1590 g/mol. The number of nitrogens with zero attached hydrogens (tertiary/aromatic N) is 3. The van der Waals surface area contributed by atoms with E-state index in [1.54, 1.807) is 27.7 Å². The lowest BCUT2D eigenvalue weighted by Crippen LogP contribution is -2.63. The topological polar surface area (TPSA) is 735 Å². The lowest BCUT2D eigenvalue weighted by molar-refractivity contribution is -0.142. The first-order chi connectivity index (χ1) is 51.0. The van der Waals surface area contributed by atoms with E-state index < -0.39 is 236 Å². The van der Waals surface area contributed by atoms with Gasteiger partial charge in [0.05, 0.1) is 38.1 Å². The number of aliphatic imine (C=N–C) groups is 2. The van der Waals surface area contributed by atoms with Crippen molar-refractivity contribution in [3.63, 3.8) is 0 Å². The van der Waals surface area contributed by atoms with Gasteiger partial charge in [0.2, 0.25) is 88.6 Å². The number of thiol groups is 2. The fourth-order valence-electron chi connectivity index (χ4n) is 10.4. The number of rotatable bonds is 50. The monoisotopic (exact) mass is 1590 g/mol. The molecule has 1 fully saturated rings. The fourth-order valence-corrected chi connectivity index (χ4v) is 10.9. The molecule has 17 atom stereocenters. The van der Waals surface area contributed by atoms with Gasteiger partial charge in [-0.3, -0.25) is 81.9 Å². The van der Waals surface area contributed by atoms with E-state index in [1.165, 1.54) is 20.8 Å². The van der Waals surface area contributed by atoms with Gasteiger partial charge in [-0.1, -0.05) is 27.7 Å². The van der Waals surface area contributed by atoms with Crippen molar-refractivity contribution >= 4 is 132 Å². The molecular weight excluding hydrogens is 1480 g/mol. The average Bonchev–Trinajstić information content (AvgIpc) is 1.71. The van der Waals surface area contributed by atoms with Gasteiger partial charge in [0.15, 0.2) is 11.9 Å². The van der Waals surface area contributed by atoms with Crippen molar-refractivity contribution in [2.45, 2.75) is 222 Å². The minimum atomic E-state index is -2.03. The van der Waals surface area contributed by atoms with Crippen LogP contribution >= 0.6 is 25.3 Å². The van der Waals surface area contributed by atoms with Gasteiger partial charge >= 0.3 is 5.97 Å². The van der Waals surface area contributed by atoms with Crippen LogP contribution in [-0.2, 0) is 76.7 Å². The molecule has 46 heteroatoms. The zero-order chi connectivity index (χ0) is 83.3. The predicted octanol–water partition coefficient (Wildman–Crippen LogP) is -12.2. The fraction of sp³-hybridized carbons (Fsp3) is 0.714.